The summed E-state index contributed by atoms with van der Waals surface area (Å²) in [5.41, 5.74) is 2.24. The molecule has 0 unspecified atom stereocenters. The van der Waals surface area contributed by atoms with E-state index < -0.39 is 12.0 Å². The number of amides is 2. The second-order valence-electron chi connectivity index (χ2n) is 5.97. The highest BCUT2D eigenvalue weighted by Gasteiger charge is 2.09. The molecule has 0 bridgehead atoms. The van der Waals surface area contributed by atoms with E-state index >= 15 is 0 Å². The molecule has 3 aromatic rings. The van der Waals surface area contributed by atoms with Crippen LogP contribution in [-0.2, 0) is 6.61 Å². The summed E-state index contributed by atoms with van der Waals surface area (Å²) in [7, 11) is 0. The first-order valence-corrected chi connectivity index (χ1v) is 8.97. The van der Waals surface area contributed by atoms with E-state index in [0.717, 1.165) is 0 Å². The fourth-order valence-corrected chi connectivity index (χ4v) is 2.59. The number of hydrogen-bond donors (Lipinski definition) is 4. The van der Waals surface area contributed by atoms with Crippen molar-refractivity contribution in [2.75, 3.05) is 10.6 Å². The van der Waals surface area contributed by atoms with E-state index in [1.54, 1.807) is 24.3 Å². The van der Waals surface area contributed by atoms with Gasteiger partial charge in [0.1, 0.15) is 10.8 Å². The minimum atomic E-state index is -1.03. The number of aliphatic hydroxyl groups is 1. The largest absolute Gasteiger partial charge is 0.478 e. The summed E-state index contributed by atoms with van der Waals surface area (Å²) < 4.78 is 0. The smallest absolute Gasteiger partial charge is 0.335 e. The van der Waals surface area contributed by atoms with Crippen LogP contribution in [0.5, 0.6) is 0 Å². The molecule has 2 aromatic heterocycles. The highest BCUT2D eigenvalue weighted by atomic mass is 35.5. The van der Waals surface area contributed by atoms with Crippen LogP contribution in [0.4, 0.5) is 16.2 Å². The molecule has 9 heteroatoms. The second-order valence-corrected chi connectivity index (χ2v) is 6.35. The quantitative estimate of drug-likeness (QED) is 0.377. The van der Waals surface area contributed by atoms with Crippen LogP contribution in [-0.4, -0.2) is 32.2 Å². The molecular formula is C21H15ClN4O4. The van der Waals surface area contributed by atoms with Gasteiger partial charge in [0, 0.05) is 29.2 Å². The Labute approximate surface area is 176 Å². The number of benzene rings is 1. The molecule has 30 heavy (non-hydrogen) atoms. The lowest BCUT2D eigenvalue weighted by Gasteiger charge is -2.10. The van der Waals surface area contributed by atoms with Crippen molar-refractivity contribution in [2.24, 2.45) is 0 Å². The number of aromatic carboxylic acids is 1. The van der Waals surface area contributed by atoms with E-state index in [9.17, 15) is 14.7 Å². The third kappa shape index (κ3) is 5.54. The Kier molecular flexibility index (Phi) is 6.60. The van der Waals surface area contributed by atoms with Crippen LogP contribution in [0.3, 0.4) is 0 Å². The van der Waals surface area contributed by atoms with E-state index in [0.29, 0.717) is 28.2 Å². The number of carboxylic acids is 1. The van der Waals surface area contributed by atoms with Gasteiger partial charge < -0.3 is 20.8 Å². The number of halogens is 1. The summed E-state index contributed by atoms with van der Waals surface area (Å²) in [4.78, 5) is 31.3. The molecule has 0 aliphatic carbocycles. The van der Waals surface area contributed by atoms with Gasteiger partial charge in [-0.2, -0.15) is 0 Å². The van der Waals surface area contributed by atoms with Crippen LogP contribution >= 0.6 is 11.6 Å². The number of carbonyl (C=O) groups is 2. The molecule has 1 aromatic carbocycles. The first-order valence-electron chi connectivity index (χ1n) is 8.59. The lowest BCUT2D eigenvalue weighted by Crippen LogP contribution is -2.20. The Morgan fingerprint density at radius 2 is 1.90 bits per heavy atom. The second kappa shape index (κ2) is 9.52. The molecular weight excluding hydrogens is 408 g/mol. The van der Waals surface area contributed by atoms with Crippen LogP contribution in [0.2, 0.25) is 5.15 Å². The number of anilines is 2. The number of pyridine rings is 2. The topological polar surface area (TPSA) is 124 Å². The van der Waals surface area contributed by atoms with Crippen molar-refractivity contribution in [3.05, 3.63) is 82.4 Å². The minimum absolute atomic E-state index is 0.139. The molecule has 0 atom stereocenters. The summed E-state index contributed by atoms with van der Waals surface area (Å²) in [6, 6.07) is 10.3. The van der Waals surface area contributed by atoms with Crippen molar-refractivity contribution < 1.29 is 19.8 Å². The first-order chi connectivity index (χ1) is 14.4. The van der Waals surface area contributed by atoms with Crippen LogP contribution in [0.1, 0.15) is 27.2 Å². The molecule has 3 rings (SSSR count). The maximum atomic E-state index is 12.3. The predicted molar refractivity (Wildman–Crippen MR) is 111 cm³/mol. The Morgan fingerprint density at radius 3 is 2.67 bits per heavy atom. The van der Waals surface area contributed by atoms with Crippen LogP contribution < -0.4 is 10.6 Å². The summed E-state index contributed by atoms with van der Waals surface area (Å²) in [5.74, 6) is 4.64. The predicted octanol–water partition coefficient (Wildman–Crippen LogP) is 3.36. The fourth-order valence-electron chi connectivity index (χ4n) is 2.43. The molecule has 8 nitrogen and oxygen atoms in total. The number of nitrogens with one attached hydrogen (secondary N) is 2. The van der Waals surface area contributed by atoms with Gasteiger partial charge in [-0.1, -0.05) is 23.6 Å². The Balaban J connectivity index is 1.72. The molecule has 0 fully saturated rings. The third-order valence-electron chi connectivity index (χ3n) is 3.83. The van der Waals surface area contributed by atoms with E-state index in [2.05, 4.69) is 32.4 Å². The molecule has 0 aliphatic heterocycles. The lowest BCUT2D eigenvalue weighted by molar-refractivity contribution is 0.0697. The normalized spacial score (nSPS) is 9.93. The van der Waals surface area contributed by atoms with Gasteiger partial charge in [0.15, 0.2) is 0 Å². The maximum absolute atomic E-state index is 12.3. The third-order valence-corrected chi connectivity index (χ3v) is 4.04. The van der Waals surface area contributed by atoms with Crippen molar-refractivity contribution in [3.63, 3.8) is 0 Å². The average Bonchev–Trinajstić information content (AvgIpc) is 2.73. The van der Waals surface area contributed by atoms with E-state index in [1.165, 1.54) is 30.6 Å². The highest BCUT2D eigenvalue weighted by molar-refractivity contribution is 6.29. The van der Waals surface area contributed by atoms with Crippen molar-refractivity contribution in [1.82, 2.24) is 9.97 Å². The molecule has 0 saturated heterocycles. The molecule has 150 valence electrons. The summed E-state index contributed by atoms with van der Waals surface area (Å²) in [6.07, 6.45) is 2.85. The van der Waals surface area contributed by atoms with Gasteiger partial charge in [-0.15, -0.1) is 0 Å². The van der Waals surface area contributed by atoms with Crippen molar-refractivity contribution in [1.29, 1.82) is 0 Å². The highest BCUT2D eigenvalue weighted by Crippen LogP contribution is 2.19. The number of hydrogen-bond acceptors (Lipinski definition) is 5. The molecule has 0 saturated carbocycles. The van der Waals surface area contributed by atoms with Gasteiger partial charge in [0.05, 0.1) is 17.9 Å². The number of carboxylic acid groups (broad SMARTS) is 1. The number of rotatable bonds is 4. The van der Waals surface area contributed by atoms with Crippen LogP contribution in [0, 0.1) is 11.8 Å². The average molecular weight is 423 g/mol. The van der Waals surface area contributed by atoms with Crippen molar-refractivity contribution >= 4 is 35.0 Å². The number of urea groups is 1. The molecule has 2 amide bonds. The van der Waals surface area contributed by atoms with Gasteiger partial charge in [0.25, 0.3) is 0 Å². The monoisotopic (exact) mass is 422 g/mol. The zero-order valence-corrected chi connectivity index (χ0v) is 16.1. The Bertz CT molecular complexity index is 1170. The summed E-state index contributed by atoms with van der Waals surface area (Å²) in [5, 5.41) is 23.8. The van der Waals surface area contributed by atoms with E-state index in [4.69, 9.17) is 16.7 Å². The van der Waals surface area contributed by atoms with Gasteiger partial charge in [-0.05, 0) is 42.3 Å². The number of aliphatic hydroxyl groups excluding tert-OH is 1. The summed E-state index contributed by atoms with van der Waals surface area (Å²) >= 11 is 5.83. The molecule has 0 spiro atoms. The van der Waals surface area contributed by atoms with E-state index in [1.807, 2.05) is 0 Å². The van der Waals surface area contributed by atoms with Crippen molar-refractivity contribution in [3.8, 4) is 11.8 Å². The number of nitrogens with zero attached hydrogens (tertiary/aromatic N) is 2. The Morgan fingerprint density at radius 1 is 1.07 bits per heavy atom. The standard InChI is InChI=1S/C21H15ClN4O4/c22-19-10-18(15(12-27)11-24-19)26-21(30)25-17-6-7-23-16(9-17)5-4-13-2-1-3-14(8-13)20(28)29/h1-3,6-11,27H,12H2,(H,28,29)(H2,23,24,25,26,30). The first kappa shape index (κ1) is 20.8. The van der Waals surface area contributed by atoms with Crippen LogP contribution in [0.15, 0.2) is 54.9 Å². The molecule has 2 heterocycles. The molecule has 0 radical (unpaired) electrons. The van der Waals surface area contributed by atoms with E-state index in [-0.39, 0.29) is 17.3 Å². The number of aromatic nitrogens is 2. The zero-order chi connectivity index (χ0) is 21.5. The molecule has 4 N–H and O–H groups in total. The van der Waals surface area contributed by atoms with Gasteiger partial charge in [0.2, 0.25) is 0 Å². The number of carbonyl (C=O) groups excluding carboxylic acids is 1. The van der Waals surface area contributed by atoms with Crippen LogP contribution in [0.25, 0.3) is 0 Å². The maximum Gasteiger partial charge on any atom is 0.335 e. The summed E-state index contributed by atoms with van der Waals surface area (Å²) in [6.45, 7) is -0.308. The zero-order valence-electron chi connectivity index (χ0n) is 15.4. The van der Waals surface area contributed by atoms with Gasteiger partial charge >= 0.3 is 12.0 Å². The van der Waals surface area contributed by atoms with Crippen molar-refractivity contribution in [2.45, 2.75) is 6.61 Å². The lowest BCUT2D eigenvalue weighted by atomic mass is 10.1. The minimum Gasteiger partial charge on any atom is -0.478 e. The Hall–Kier alpha value is -3.93. The fraction of sp³-hybridized carbons (Fsp3) is 0.0476. The molecule has 0 aliphatic rings. The SMILES string of the molecule is O=C(Nc1ccnc(C#Cc2cccc(C(=O)O)c2)c1)Nc1cc(Cl)ncc1CO. The van der Waals surface area contributed by atoms with Gasteiger partial charge in [-0.25, -0.2) is 19.6 Å². The van der Waals surface area contributed by atoms with Gasteiger partial charge in [-0.3, -0.25) is 0 Å².